The molecule has 33 heavy (non-hydrogen) atoms. The lowest BCUT2D eigenvalue weighted by atomic mass is 9.47. The third kappa shape index (κ3) is 3.05. The van der Waals surface area contributed by atoms with Gasteiger partial charge >= 0.3 is 5.97 Å². The van der Waals surface area contributed by atoms with E-state index in [9.17, 15) is 14.7 Å². The number of allylic oxidation sites excluding steroid dienone is 2. The number of carbonyl (C=O) groups is 2. The molecule has 0 aromatic heterocycles. The second-order valence-electron chi connectivity index (χ2n) is 12.7. The zero-order valence-electron chi connectivity index (χ0n) is 20.4. The summed E-state index contributed by atoms with van der Waals surface area (Å²) in [7, 11) is 0. The molecule has 2 heterocycles. The van der Waals surface area contributed by atoms with Crippen molar-refractivity contribution in [3.8, 4) is 0 Å². The molecule has 5 atom stereocenters. The van der Waals surface area contributed by atoms with Gasteiger partial charge in [-0.2, -0.15) is 0 Å². The van der Waals surface area contributed by atoms with E-state index in [0.29, 0.717) is 37.2 Å². The summed E-state index contributed by atoms with van der Waals surface area (Å²) in [6.07, 6.45) is 5.23. The SMILES string of the molecule is CC1CC(OC(=O)CC(C)(C)C)=C2O[C@H]3C(=O)CC[C@@]4(O)C5CC1=C2[C@@]34CCN5CC1CC1. The van der Waals surface area contributed by atoms with Gasteiger partial charge in [0.05, 0.1) is 17.4 Å². The Kier molecular flexibility index (Phi) is 4.60. The standard InChI is InChI=1S/C27H37NO5/c1-15-11-19(32-21(30)13-25(2,3)4)23-22-17(15)12-20-27(31)8-7-18(29)24(33-23)26(22,27)9-10-28(20)14-16-5-6-16/h15-16,20,24,31H,5-14H2,1-4H3/t15?,20?,24-,26-,27+/m0/s1. The molecule has 1 spiro atoms. The summed E-state index contributed by atoms with van der Waals surface area (Å²) in [6, 6.07) is 0.0385. The number of hydrogen-bond donors (Lipinski definition) is 1. The first-order chi connectivity index (χ1) is 15.5. The van der Waals surface area contributed by atoms with Gasteiger partial charge in [-0.25, -0.2) is 0 Å². The fourth-order valence-corrected chi connectivity index (χ4v) is 7.51. The van der Waals surface area contributed by atoms with Crippen molar-refractivity contribution in [3.05, 3.63) is 22.7 Å². The van der Waals surface area contributed by atoms with Gasteiger partial charge in [0.25, 0.3) is 0 Å². The van der Waals surface area contributed by atoms with Crippen LogP contribution < -0.4 is 0 Å². The summed E-state index contributed by atoms with van der Waals surface area (Å²) in [6.45, 7) is 10.2. The van der Waals surface area contributed by atoms with Crippen LogP contribution >= 0.6 is 0 Å². The smallest absolute Gasteiger partial charge is 0.311 e. The van der Waals surface area contributed by atoms with Gasteiger partial charge < -0.3 is 14.6 Å². The Bertz CT molecular complexity index is 985. The molecular formula is C27H37NO5. The minimum Gasteiger partial charge on any atom is -0.478 e. The third-order valence-electron chi connectivity index (χ3n) is 9.13. The lowest BCUT2D eigenvalue weighted by molar-refractivity contribution is -0.206. The number of rotatable bonds is 4. The van der Waals surface area contributed by atoms with Crippen LogP contribution in [0.2, 0.25) is 0 Å². The summed E-state index contributed by atoms with van der Waals surface area (Å²) in [5.41, 5.74) is 0.484. The Balaban J connectivity index is 1.45. The fourth-order valence-electron chi connectivity index (χ4n) is 7.51. The summed E-state index contributed by atoms with van der Waals surface area (Å²) >= 11 is 0. The van der Waals surface area contributed by atoms with Crippen LogP contribution in [0.25, 0.3) is 0 Å². The molecule has 4 fully saturated rings. The number of ketones is 1. The Morgan fingerprint density at radius 1 is 1.24 bits per heavy atom. The number of aliphatic hydroxyl groups is 1. The van der Waals surface area contributed by atoms with Crippen molar-refractivity contribution in [2.75, 3.05) is 13.1 Å². The quantitative estimate of drug-likeness (QED) is 0.649. The van der Waals surface area contributed by atoms with Gasteiger partial charge in [0.2, 0.25) is 0 Å². The molecule has 0 amide bonds. The molecule has 2 saturated carbocycles. The van der Waals surface area contributed by atoms with Crippen molar-refractivity contribution in [2.45, 2.75) is 96.8 Å². The third-order valence-corrected chi connectivity index (χ3v) is 9.13. The Morgan fingerprint density at radius 2 is 2.00 bits per heavy atom. The van der Waals surface area contributed by atoms with Crippen LogP contribution in [0.15, 0.2) is 22.7 Å². The average molecular weight is 456 g/mol. The van der Waals surface area contributed by atoms with Crippen LogP contribution in [0.1, 0.15) is 79.1 Å². The van der Waals surface area contributed by atoms with Gasteiger partial charge in [-0.3, -0.25) is 14.5 Å². The fraction of sp³-hybridized carbons (Fsp3) is 0.778. The minimum absolute atomic E-state index is 0.0385. The lowest BCUT2D eigenvalue weighted by Gasteiger charge is -2.63. The highest BCUT2D eigenvalue weighted by atomic mass is 16.6. The monoisotopic (exact) mass is 455 g/mol. The number of likely N-dealkylation sites (tertiary alicyclic amines) is 1. The molecule has 2 unspecified atom stereocenters. The van der Waals surface area contributed by atoms with Crippen LogP contribution in [0.3, 0.4) is 0 Å². The number of ether oxygens (including phenoxy) is 2. The Labute approximate surface area is 196 Å². The van der Waals surface area contributed by atoms with Gasteiger partial charge in [-0.15, -0.1) is 0 Å². The predicted octanol–water partition coefficient (Wildman–Crippen LogP) is 3.88. The molecule has 6 rings (SSSR count). The maximum atomic E-state index is 13.2. The molecule has 180 valence electrons. The first kappa shape index (κ1) is 21.8. The van der Waals surface area contributed by atoms with Crippen molar-refractivity contribution in [1.29, 1.82) is 0 Å². The maximum Gasteiger partial charge on any atom is 0.311 e. The van der Waals surface area contributed by atoms with E-state index < -0.39 is 17.1 Å². The lowest BCUT2D eigenvalue weighted by Crippen LogP contribution is -2.74. The van der Waals surface area contributed by atoms with E-state index in [2.05, 4.69) is 11.8 Å². The van der Waals surface area contributed by atoms with E-state index >= 15 is 0 Å². The van der Waals surface area contributed by atoms with Crippen molar-refractivity contribution in [2.24, 2.45) is 22.7 Å². The predicted molar refractivity (Wildman–Crippen MR) is 122 cm³/mol. The second kappa shape index (κ2) is 6.94. The number of hydrogen-bond acceptors (Lipinski definition) is 6. The van der Waals surface area contributed by atoms with Crippen LogP contribution in [0.5, 0.6) is 0 Å². The molecule has 0 radical (unpaired) electrons. The summed E-state index contributed by atoms with van der Waals surface area (Å²) < 4.78 is 12.4. The van der Waals surface area contributed by atoms with Gasteiger partial charge in [-0.05, 0) is 55.9 Å². The number of carbonyl (C=O) groups excluding carboxylic acids is 2. The van der Waals surface area contributed by atoms with Crippen LogP contribution in [-0.4, -0.2) is 52.6 Å². The molecule has 6 heteroatoms. The van der Waals surface area contributed by atoms with E-state index in [1.807, 2.05) is 20.8 Å². The zero-order valence-corrected chi connectivity index (χ0v) is 20.4. The molecule has 2 aliphatic heterocycles. The average Bonchev–Trinajstić information content (AvgIpc) is 3.44. The highest BCUT2D eigenvalue weighted by molar-refractivity contribution is 5.88. The molecule has 6 nitrogen and oxygen atoms in total. The van der Waals surface area contributed by atoms with Crippen molar-refractivity contribution in [1.82, 2.24) is 4.90 Å². The van der Waals surface area contributed by atoms with Gasteiger partial charge in [0.15, 0.2) is 23.4 Å². The van der Waals surface area contributed by atoms with Crippen molar-refractivity contribution in [3.63, 3.8) is 0 Å². The van der Waals surface area contributed by atoms with Gasteiger partial charge in [-0.1, -0.05) is 33.3 Å². The Morgan fingerprint density at radius 3 is 2.70 bits per heavy atom. The molecule has 2 bridgehead atoms. The van der Waals surface area contributed by atoms with Gasteiger partial charge in [0, 0.05) is 31.0 Å². The van der Waals surface area contributed by atoms with Crippen molar-refractivity contribution < 1.29 is 24.2 Å². The number of Topliss-reactive ketones (excluding diaryl/α,β-unsaturated/α-hetero) is 1. The number of esters is 1. The van der Waals surface area contributed by atoms with Crippen LogP contribution in [-0.2, 0) is 19.1 Å². The van der Waals surface area contributed by atoms with E-state index in [1.165, 1.54) is 18.4 Å². The van der Waals surface area contributed by atoms with E-state index in [0.717, 1.165) is 37.4 Å². The zero-order chi connectivity index (χ0) is 23.3. The van der Waals surface area contributed by atoms with E-state index in [4.69, 9.17) is 9.47 Å². The van der Waals surface area contributed by atoms with Crippen molar-refractivity contribution >= 4 is 11.8 Å². The van der Waals surface area contributed by atoms with Crippen LogP contribution in [0, 0.1) is 22.7 Å². The molecule has 1 N–H and O–H groups in total. The topological polar surface area (TPSA) is 76.1 Å². The Hall–Kier alpha value is -1.66. The molecule has 4 aliphatic carbocycles. The van der Waals surface area contributed by atoms with Crippen LogP contribution in [0.4, 0.5) is 0 Å². The highest BCUT2D eigenvalue weighted by Crippen LogP contribution is 2.68. The number of piperidine rings is 1. The van der Waals surface area contributed by atoms with E-state index in [-0.39, 0.29) is 29.1 Å². The molecule has 0 aromatic rings. The second-order valence-corrected chi connectivity index (χ2v) is 12.7. The number of nitrogens with zero attached hydrogens (tertiary/aromatic N) is 1. The summed E-state index contributed by atoms with van der Waals surface area (Å²) in [5.74, 6) is 1.94. The largest absolute Gasteiger partial charge is 0.478 e. The normalized spacial score (nSPS) is 40.0. The molecule has 6 aliphatic rings. The minimum atomic E-state index is -0.975. The van der Waals surface area contributed by atoms with Gasteiger partial charge in [0.1, 0.15) is 0 Å². The molecule has 0 aromatic carbocycles. The summed E-state index contributed by atoms with van der Waals surface area (Å²) in [4.78, 5) is 28.5. The molecular weight excluding hydrogens is 418 g/mol. The molecule has 2 saturated heterocycles. The van der Waals surface area contributed by atoms with E-state index in [1.54, 1.807) is 0 Å². The highest BCUT2D eigenvalue weighted by Gasteiger charge is 2.74. The summed E-state index contributed by atoms with van der Waals surface area (Å²) in [5, 5.41) is 12.4. The maximum absolute atomic E-state index is 13.2. The first-order valence-corrected chi connectivity index (χ1v) is 12.9. The first-order valence-electron chi connectivity index (χ1n) is 12.9.